The van der Waals surface area contributed by atoms with Crippen molar-refractivity contribution in [2.75, 3.05) is 19.6 Å². The van der Waals surface area contributed by atoms with Crippen LogP contribution >= 0.6 is 0 Å². The molecular weight excluding hydrogens is 462 g/mol. The number of hydrogen-bond donors (Lipinski definition) is 3. The topological polar surface area (TPSA) is 125 Å². The van der Waals surface area contributed by atoms with Crippen LogP contribution in [0, 0.1) is 5.92 Å². The van der Waals surface area contributed by atoms with Crippen LogP contribution in [0.5, 0.6) is 0 Å². The third-order valence-electron chi connectivity index (χ3n) is 6.08. The van der Waals surface area contributed by atoms with Gasteiger partial charge in [0, 0.05) is 44.4 Å². The molecule has 1 aromatic carbocycles. The van der Waals surface area contributed by atoms with Crippen LogP contribution in [0.1, 0.15) is 71.3 Å². The molecule has 1 aliphatic rings. The number of rotatable bonds is 14. The van der Waals surface area contributed by atoms with Crippen molar-refractivity contribution in [3.05, 3.63) is 35.9 Å². The van der Waals surface area contributed by atoms with E-state index in [0.29, 0.717) is 51.7 Å². The Morgan fingerprint density at radius 3 is 2.44 bits per heavy atom. The zero-order valence-corrected chi connectivity index (χ0v) is 21.8. The largest absolute Gasteiger partial charge is 0.481 e. The number of nitrogens with zero attached hydrogens (tertiary/aromatic N) is 1. The molecule has 0 unspecified atom stereocenters. The Morgan fingerprint density at radius 1 is 1.06 bits per heavy atom. The van der Waals surface area contributed by atoms with Crippen molar-refractivity contribution < 1.29 is 29.0 Å². The number of unbranched alkanes of at least 4 members (excludes halogenated alkanes) is 1. The van der Waals surface area contributed by atoms with Gasteiger partial charge in [0.25, 0.3) is 0 Å². The highest BCUT2D eigenvalue weighted by atomic mass is 16.6. The van der Waals surface area contributed by atoms with Crippen LogP contribution in [0.2, 0.25) is 0 Å². The molecule has 9 heteroatoms. The predicted octanol–water partition coefficient (Wildman–Crippen LogP) is 3.51. The van der Waals surface area contributed by atoms with Crippen molar-refractivity contribution in [3.63, 3.8) is 0 Å². The summed E-state index contributed by atoms with van der Waals surface area (Å²) < 4.78 is 5.18. The number of nitrogens with one attached hydrogen (secondary N) is 2. The molecule has 1 aromatic rings. The summed E-state index contributed by atoms with van der Waals surface area (Å²) in [6.45, 7) is 6.76. The Kier molecular flexibility index (Phi) is 11.7. The number of benzene rings is 1. The number of aryl methyl sites for hydroxylation is 1. The first-order chi connectivity index (χ1) is 17.0. The smallest absolute Gasteiger partial charge is 0.407 e. The van der Waals surface area contributed by atoms with Gasteiger partial charge < -0.3 is 25.4 Å². The Hall–Kier alpha value is -3.10. The van der Waals surface area contributed by atoms with E-state index in [2.05, 4.69) is 22.8 Å². The van der Waals surface area contributed by atoms with Gasteiger partial charge in [0.2, 0.25) is 11.8 Å². The summed E-state index contributed by atoms with van der Waals surface area (Å²) in [5.41, 5.74) is 0.658. The number of ether oxygens (including phenoxy) is 1. The number of carbonyl (C=O) groups is 4. The molecule has 1 aliphatic heterocycles. The SMILES string of the molecule is CC(C)(C)OC(=O)NCCCCC(=O)NC[C@@H]1C[C@@H](CCC(=O)O)C(=O)N1CCCc1ccccc1. The van der Waals surface area contributed by atoms with Gasteiger partial charge in [-0.15, -0.1) is 0 Å². The molecule has 0 spiro atoms. The van der Waals surface area contributed by atoms with Crippen molar-refractivity contribution in [2.45, 2.75) is 83.8 Å². The average Bonchev–Trinajstić information content (AvgIpc) is 3.10. The maximum absolute atomic E-state index is 13.0. The molecule has 3 amide bonds. The lowest BCUT2D eigenvalue weighted by Gasteiger charge is -2.25. The number of aliphatic carboxylic acids is 1. The van der Waals surface area contributed by atoms with Crippen LogP contribution < -0.4 is 10.6 Å². The lowest BCUT2D eigenvalue weighted by molar-refractivity contribution is -0.138. The van der Waals surface area contributed by atoms with E-state index in [1.807, 2.05) is 23.1 Å². The average molecular weight is 504 g/mol. The molecule has 9 nitrogen and oxygen atoms in total. The Labute approximate surface area is 214 Å². The Bertz CT molecular complexity index is 868. The molecule has 1 saturated heterocycles. The fourth-order valence-electron chi connectivity index (χ4n) is 4.33. The van der Waals surface area contributed by atoms with Gasteiger partial charge in [-0.1, -0.05) is 30.3 Å². The molecule has 0 bridgehead atoms. The number of carboxylic acid groups (broad SMARTS) is 1. The highest BCUT2D eigenvalue weighted by Gasteiger charge is 2.38. The third-order valence-corrected chi connectivity index (χ3v) is 6.08. The number of hydrogen-bond acceptors (Lipinski definition) is 5. The molecular formula is C27H41N3O6. The minimum absolute atomic E-state index is 0.0169. The van der Waals surface area contributed by atoms with E-state index in [1.54, 1.807) is 20.8 Å². The monoisotopic (exact) mass is 503 g/mol. The van der Waals surface area contributed by atoms with Crippen molar-refractivity contribution >= 4 is 23.9 Å². The van der Waals surface area contributed by atoms with Gasteiger partial charge in [-0.2, -0.15) is 0 Å². The number of likely N-dealkylation sites (tertiary alicyclic amines) is 1. The van der Waals surface area contributed by atoms with E-state index in [0.717, 1.165) is 12.8 Å². The summed E-state index contributed by atoms with van der Waals surface area (Å²) in [5.74, 6) is -1.34. The van der Waals surface area contributed by atoms with E-state index < -0.39 is 17.7 Å². The molecule has 0 radical (unpaired) electrons. The highest BCUT2D eigenvalue weighted by molar-refractivity contribution is 5.82. The standard InChI is InChI=1S/C27H41N3O6/c1-27(2,3)36-26(35)28-16-8-7-13-23(31)29-19-22-18-21(14-15-24(32)33)25(34)30(22)17-9-12-20-10-5-4-6-11-20/h4-6,10-11,21-22H,7-9,12-19H2,1-3H3,(H,28,35)(H,29,31)(H,32,33)/t21-,22+/m1/s1. The molecule has 200 valence electrons. The molecule has 0 aliphatic carbocycles. The number of amides is 3. The summed E-state index contributed by atoms with van der Waals surface area (Å²) in [6.07, 6.45) is 3.61. The van der Waals surface area contributed by atoms with Crippen LogP contribution in [0.15, 0.2) is 30.3 Å². The molecule has 1 fully saturated rings. The fraction of sp³-hybridized carbons (Fsp3) is 0.630. The van der Waals surface area contributed by atoms with Crippen LogP contribution in [0.3, 0.4) is 0 Å². The second-order valence-corrected chi connectivity index (χ2v) is 10.3. The summed E-state index contributed by atoms with van der Waals surface area (Å²) in [4.78, 5) is 49.8. The summed E-state index contributed by atoms with van der Waals surface area (Å²) in [5, 5.41) is 14.6. The Morgan fingerprint density at radius 2 is 1.78 bits per heavy atom. The maximum atomic E-state index is 13.0. The first kappa shape index (κ1) is 29.1. The molecule has 1 heterocycles. The van der Waals surface area contributed by atoms with Gasteiger partial charge in [-0.3, -0.25) is 14.4 Å². The zero-order chi connectivity index (χ0) is 26.6. The van der Waals surface area contributed by atoms with E-state index >= 15 is 0 Å². The van der Waals surface area contributed by atoms with Crippen LogP contribution in [-0.2, 0) is 25.5 Å². The minimum atomic E-state index is -0.906. The molecule has 2 rings (SSSR count). The van der Waals surface area contributed by atoms with Gasteiger partial charge in [0.05, 0.1) is 0 Å². The van der Waals surface area contributed by atoms with Gasteiger partial charge >= 0.3 is 12.1 Å². The molecule has 0 saturated carbocycles. The molecule has 36 heavy (non-hydrogen) atoms. The number of alkyl carbamates (subject to hydrolysis) is 1. The first-order valence-corrected chi connectivity index (χ1v) is 12.8. The van der Waals surface area contributed by atoms with Gasteiger partial charge in [0.1, 0.15) is 5.60 Å². The van der Waals surface area contributed by atoms with Crippen LogP contribution in [0.4, 0.5) is 4.79 Å². The van der Waals surface area contributed by atoms with Crippen molar-refractivity contribution in [1.82, 2.24) is 15.5 Å². The predicted molar refractivity (Wildman–Crippen MR) is 136 cm³/mol. The van der Waals surface area contributed by atoms with E-state index in [1.165, 1.54) is 5.56 Å². The third kappa shape index (κ3) is 11.1. The molecule has 0 aromatic heterocycles. The van der Waals surface area contributed by atoms with Crippen molar-refractivity contribution in [3.8, 4) is 0 Å². The summed E-state index contributed by atoms with van der Waals surface area (Å²) >= 11 is 0. The van der Waals surface area contributed by atoms with Crippen molar-refractivity contribution in [2.24, 2.45) is 5.92 Å². The van der Waals surface area contributed by atoms with Crippen LogP contribution in [-0.4, -0.2) is 65.2 Å². The van der Waals surface area contributed by atoms with E-state index in [4.69, 9.17) is 9.84 Å². The summed E-state index contributed by atoms with van der Waals surface area (Å²) in [6, 6.07) is 9.93. The second-order valence-electron chi connectivity index (χ2n) is 10.3. The number of carboxylic acids is 1. The first-order valence-electron chi connectivity index (χ1n) is 12.8. The lowest BCUT2D eigenvalue weighted by Crippen LogP contribution is -2.42. The second kappa shape index (κ2) is 14.5. The van der Waals surface area contributed by atoms with Gasteiger partial charge in [0.15, 0.2) is 0 Å². The number of carbonyl (C=O) groups excluding carboxylic acids is 3. The van der Waals surface area contributed by atoms with E-state index in [-0.39, 0.29) is 30.2 Å². The molecule has 3 N–H and O–H groups in total. The van der Waals surface area contributed by atoms with Crippen LogP contribution in [0.25, 0.3) is 0 Å². The fourth-order valence-corrected chi connectivity index (χ4v) is 4.33. The van der Waals surface area contributed by atoms with E-state index in [9.17, 15) is 19.2 Å². The van der Waals surface area contributed by atoms with Crippen molar-refractivity contribution in [1.29, 1.82) is 0 Å². The quantitative estimate of drug-likeness (QED) is 0.334. The lowest BCUT2D eigenvalue weighted by atomic mass is 9.99. The summed E-state index contributed by atoms with van der Waals surface area (Å²) in [7, 11) is 0. The minimum Gasteiger partial charge on any atom is -0.481 e. The normalized spacial score (nSPS) is 17.6. The molecule has 2 atom stereocenters. The zero-order valence-electron chi connectivity index (χ0n) is 21.8. The van der Waals surface area contributed by atoms with Gasteiger partial charge in [-0.05, 0) is 64.9 Å². The highest BCUT2D eigenvalue weighted by Crippen LogP contribution is 2.28. The maximum Gasteiger partial charge on any atom is 0.407 e. The Balaban J connectivity index is 1.76. The van der Waals surface area contributed by atoms with Gasteiger partial charge in [-0.25, -0.2) is 4.79 Å².